The summed E-state index contributed by atoms with van der Waals surface area (Å²) in [6.45, 7) is 6.12. The third-order valence-electron chi connectivity index (χ3n) is 6.19. The fourth-order valence-corrected chi connectivity index (χ4v) is 4.83. The first-order chi connectivity index (χ1) is 11.6. The topological polar surface area (TPSA) is 78.7 Å². The molecule has 3 aliphatic rings. The van der Waals surface area contributed by atoms with Gasteiger partial charge in [0.1, 0.15) is 0 Å². The van der Waals surface area contributed by atoms with Gasteiger partial charge in [-0.15, -0.1) is 0 Å². The highest BCUT2D eigenvalue weighted by atomic mass is 16.2. The molecular weight excluding hydrogens is 304 g/mol. The Morgan fingerprint density at radius 1 is 1.08 bits per heavy atom. The molecule has 2 saturated carbocycles. The largest absolute Gasteiger partial charge is 0.355 e. The van der Waals surface area contributed by atoms with E-state index in [4.69, 9.17) is 5.73 Å². The van der Waals surface area contributed by atoms with Gasteiger partial charge in [0, 0.05) is 44.7 Å². The highest BCUT2D eigenvalue weighted by Gasteiger charge is 2.41. The van der Waals surface area contributed by atoms with Gasteiger partial charge in [0.05, 0.1) is 6.54 Å². The molecule has 0 aromatic rings. The molecule has 1 saturated heterocycles. The lowest BCUT2D eigenvalue weighted by atomic mass is 9.65. The molecule has 1 heterocycles. The number of fused-ring (bicyclic) bond motifs is 2. The number of hydrogen-bond donors (Lipinski definition) is 2. The molecule has 2 bridgehead atoms. The van der Waals surface area contributed by atoms with Crippen LogP contribution in [0.2, 0.25) is 0 Å². The molecule has 0 aromatic carbocycles. The maximum Gasteiger partial charge on any atom is 0.234 e. The Morgan fingerprint density at radius 2 is 1.71 bits per heavy atom. The minimum Gasteiger partial charge on any atom is -0.355 e. The molecule has 6 heteroatoms. The van der Waals surface area contributed by atoms with Crippen molar-refractivity contribution >= 4 is 11.8 Å². The van der Waals surface area contributed by atoms with Gasteiger partial charge in [-0.1, -0.05) is 6.42 Å². The maximum atomic E-state index is 12.9. The van der Waals surface area contributed by atoms with Gasteiger partial charge < -0.3 is 16.0 Å². The van der Waals surface area contributed by atoms with E-state index >= 15 is 0 Å². The molecule has 3 rings (SSSR count). The van der Waals surface area contributed by atoms with E-state index in [1.807, 2.05) is 11.8 Å². The number of likely N-dealkylation sites (N-methyl/N-ethyl adjacent to an activating group) is 1. The number of carbonyl (C=O) groups is 2. The lowest BCUT2D eigenvalue weighted by molar-refractivity contribution is -0.140. The van der Waals surface area contributed by atoms with Crippen molar-refractivity contribution in [2.75, 3.05) is 39.3 Å². The highest BCUT2D eigenvalue weighted by Crippen LogP contribution is 2.42. The number of rotatable bonds is 4. The number of nitrogens with two attached hydrogens (primary N) is 1. The SMILES string of the molecule is CCNC(=O)CN1CCN(C(=O)C2CC3CCCC(C2)C3N)CC1. The molecule has 3 N–H and O–H groups in total. The molecule has 2 unspecified atom stereocenters. The van der Waals surface area contributed by atoms with Crippen LogP contribution in [0, 0.1) is 17.8 Å². The normalized spacial score (nSPS) is 34.0. The van der Waals surface area contributed by atoms with Crippen LogP contribution < -0.4 is 11.1 Å². The summed E-state index contributed by atoms with van der Waals surface area (Å²) in [7, 11) is 0. The summed E-state index contributed by atoms with van der Waals surface area (Å²) in [6.07, 6.45) is 5.64. The first-order valence-electron chi connectivity index (χ1n) is 9.62. The molecule has 2 atom stereocenters. The van der Waals surface area contributed by atoms with Crippen LogP contribution in [0.3, 0.4) is 0 Å². The number of hydrogen-bond acceptors (Lipinski definition) is 4. The molecule has 0 radical (unpaired) electrons. The molecule has 0 aromatic heterocycles. The lowest BCUT2D eigenvalue weighted by Crippen LogP contribution is -2.54. The van der Waals surface area contributed by atoms with Crippen molar-refractivity contribution in [2.24, 2.45) is 23.5 Å². The summed E-state index contributed by atoms with van der Waals surface area (Å²) in [5.74, 6) is 1.67. The quantitative estimate of drug-likeness (QED) is 0.780. The summed E-state index contributed by atoms with van der Waals surface area (Å²) in [6, 6.07) is 0.316. The molecular formula is C18H32N4O2. The first-order valence-corrected chi connectivity index (χ1v) is 9.62. The van der Waals surface area contributed by atoms with Crippen LogP contribution in [0.5, 0.6) is 0 Å². The summed E-state index contributed by atoms with van der Waals surface area (Å²) < 4.78 is 0. The fourth-order valence-electron chi connectivity index (χ4n) is 4.83. The summed E-state index contributed by atoms with van der Waals surface area (Å²) >= 11 is 0. The van der Waals surface area contributed by atoms with E-state index in [2.05, 4.69) is 10.2 Å². The van der Waals surface area contributed by atoms with Gasteiger partial charge in [-0.05, 0) is 44.4 Å². The van der Waals surface area contributed by atoms with E-state index in [1.165, 1.54) is 19.3 Å². The van der Waals surface area contributed by atoms with E-state index < -0.39 is 0 Å². The molecule has 136 valence electrons. The molecule has 6 nitrogen and oxygen atoms in total. The molecule has 2 amide bonds. The van der Waals surface area contributed by atoms with Crippen LogP contribution >= 0.6 is 0 Å². The van der Waals surface area contributed by atoms with Crippen LogP contribution in [0.4, 0.5) is 0 Å². The average Bonchev–Trinajstić information content (AvgIpc) is 2.55. The second-order valence-corrected chi connectivity index (χ2v) is 7.75. The lowest BCUT2D eigenvalue weighted by Gasteiger charge is -2.45. The number of nitrogens with one attached hydrogen (secondary N) is 1. The zero-order chi connectivity index (χ0) is 17.1. The minimum absolute atomic E-state index is 0.0753. The summed E-state index contributed by atoms with van der Waals surface area (Å²) in [4.78, 5) is 28.7. The monoisotopic (exact) mass is 336 g/mol. The Hall–Kier alpha value is -1.14. The van der Waals surface area contributed by atoms with E-state index in [0.29, 0.717) is 36.9 Å². The van der Waals surface area contributed by atoms with Gasteiger partial charge in [0.15, 0.2) is 0 Å². The second kappa shape index (κ2) is 7.83. The zero-order valence-electron chi connectivity index (χ0n) is 14.9. The Kier molecular flexibility index (Phi) is 5.76. The maximum absolute atomic E-state index is 12.9. The predicted molar refractivity (Wildman–Crippen MR) is 93.2 cm³/mol. The van der Waals surface area contributed by atoms with Gasteiger partial charge in [0.25, 0.3) is 0 Å². The number of amides is 2. The van der Waals surface area contributed by atoms with E-state index in [-0.39, 0.29) is 11.8 Å². The standard InChI is InChI=1S/C18H32N4O2/c1-2-20-16(23)12-21-6-8-22(9-7-21)18(24)15-10-13-4-3-5-14(11-15)17(13)19/h13-15,17H,2-12,19H2,1H3,(H,20,23). The van der Waals surface area contributed by atoms with Gasteiger partial charge in [-0.25, -0.2) is 0 Å². The molecule has 24 heavy (non-hydrogen) atoms. The third-order valence-corrected chi connectivity index (χ3v) is 6.19. The van der Waals surface area contributed by atoms with E-state index in [1.54, 1.807) is 0 Å². The Balaban J connectivity index is 1.48. The number of nitrogens with zero attached hydrogens (tertiary/aromatic N) is 2. The predicted octanol–water partition coefficient (Wildman–Crippen LogP) is 0.420. The molecule has 0 spiro atoms. The van der Waals surface area contributed by atoms with Crippen LogP contribution in [-0.2, 0) is 9.59 Å². The molecule has 2 aliphatic carbocycles. The Bertz CT molecular complexity index is 448. The molecule has 1 aliphatic heterocycles. The van der Waals surface area contributed by atoms with Gasteiger partial charge in [0.2, 0.25) is 11.8 Å². The van der Waals surface area contributed by atoms with Crippen LogP contribution in [-0.4, -0.2) is 66.9 Å². The van der Waals surface area contributed by atoms with Crippen molar-refractivity contribution < 1.29 is 9.59 Å². The number of piperazine rings is 1. The summed E-state index contributed by atoms with van der Waals surface area (Å²) in [5, 5.41) is 2.83. The van der Waals surface area contributed by atoms with Crippen LogP contribution in [0.25, 0.3) is 0 Å². The van der Waals surface area contributed by atoms with Crippen LogP contribution in [0.15, 0.2) is 0 Å². The zero-order valence-corrected chi connectivity index (χ0v) is 14.9. The second-order valence-electron chi connectivity index (χ2n) is 7.75. The fraction of sp³-hybridized carbons (Fsp3) is 0.889. The van der Waals surface area contributed by atoms with Gasteiger partial charge >= 0.3 is 0 Å². The first kappa shape index (κ1) is 17.7. The van der Waals surface area contributed by atoms with Crippen molar-refractivity contribution in [1.82, 2.24) is 15.1 Å². The van der Waals surface area contributed by atoms with Crippen molar-refractivity contribution in [1.29, 1.82) is 0 Å². The smallest absolute Gasteiger partial charge is 0.234 e. The van der Waals surface area contributed by atoms with Crippen molar-refractivity contribution in [3.05, 3.63) is 0 Å². The molecule has 3 fully saturated rings. The minimum atomic E-state index is 0.0753. The van der Waals surface area contributed by atoms with E-state index in [9.17, 15) is 9.59 Å². The van der Waals surface area contributed by atoms with Crippen molar-refractivity contribution in [3.8, 4) is 0 Å². The third kappa shape index (κ3) is 3.91. The van der Waals surface area contributed by atoms with Crippen molar-refractivity contribution in [3.63, 3.8) is 0 Å². The van der Waals surface area contributed by atoms with Crippen LogP contribution in [0.1, 0.15) is 39.0 Å². The number of carbonyl (C=O) groups excluding carboxylic acids is 2. The highest BCUT2D eigenvalue weighted by molar-refractivity contribution is 5.79. The summed E-state index contributed by atoms with van der Waals surface area (Å²) in [5.41, 5.74) is 6.34. The Labute approximate surface area is 145 Å². The van der Waals surface area contributed by atoms with Crippen molar-refractivity contribution in [2.45, 2.75) is 45.1 Å². The van der Waals surface area contributed by atoms with Gasteiger partial charge in [-0.3, -0.25) is 14.5 Å². The van der Waals surface area contributed by atoms with Gasteiger partial charge in [-0.2, -0.15) is 0 Å². The van der Waals surface area contributed by atoms with E-state index in [0.717, 1.165) is 39.0 Å². The average molecular weight is 336 g/mol. The Morgan fingerprint density at radius 3 is 2.29 bits per heavy atom.